The first-order valence-electron chi connectivity index (χ1n) is 6.51. The summed E-state index contributed by atoms with van der Waals surface area (Å²) in [6.07, 6.45) is 1.60. The van der Waals surface area contributed by atoms with E-state index in [1.54, 1.807) is 12.1 Å². The van der Waals surface area contributed by atoms with Crippen molar-refractivity contribution < 1.29 is 9.18 Å². The lowest BCUT2D eigenvalue weighted by molar-refractivity contribution is -0.125. The Morgan fingerprint density at radius 1 is 1.60 bits per heavy atom. The summed E-state index contributed by atoms with van der Waals surface area (Å²) in [4.78, 5) is 11.9. The van der Waals surface area contributed by atoms with E-state index in [9.17, 15) is 9.18 Å². The molecule has 1 aliphatic heterocycles. The number of amides is 1. The Morgan fingerprint density at radius 3 is 2.95 bits per heavy atom. The first-order valence-corrected chi connectivity index (χ1v) is 7.30. The standard InChI is InChI=1S/C14H18BrFN2O.ClH/c1-9(18-14(19)11-4-5-17-8-11)6-10-2-3-13(16)12(15)7-10;/h2-3,7,9,11,17H,4-6,8H2,1H3,(H,18,19);1H. The summed E-state index contributed by atoms with van der Waals surface area (Å²) in [5.41, 5.74) is 1.01. The molecule has 1 aromatic carbocycles. The maximum absolute atomic E-state index is 13.1. The monoisotopic (exact) mass is 364 g/mol. The minimum absolute atomic E-state index is 0. The lowest BCUT2D eigenvalue weighted by atomic mass is 10.0. The zero-order chi connectivity index (χ0) is 13.8. The zero-order valence-corrected chi connectivity index (χ0v) is 13.7. The van der Waals surface area contributed by atoms with E-state index in [-0.39, 0.29) is 36.1 Å². The number of rotatable bonds is 4. The molecule has 20 heavy (non-hydrogen) atoms. The first kappa shape index (κ1) is 17.4. The van der Waals surface area contributed by atoms with Crippen molar-refractivity contribution in [3.8, 4) is 0 Å². The molecule has 1 saturated heterocycles. The first-order chi connectivity index (χ1) is 9.06. The van der Waals surface area contributed by atoms with E-state index >= 15 is 0 Å². The van der Waals surface area contributed by atoms with Crippen LogP contribution in [-0.4, -0.2) is 25.0 Å². The Hall–Kier alpha value is -0.650. The van der Waals surface area contributed by atoms with Crippen molar-refractivity contribution in [2.75, 3.05) is 13.1 Å². The highest BCUT2D eigenvalue weighted by Gasteiger charge is 2.23. The van der Waals surface area contributed by atoms with E-state index in [2.05, 4.69) is 26.6 Å². The van der Waals surface area contributed by atoms with Crippen LogP contribution in [0.1, 0.15) is 18.9 Å². The van der Waals surface area contributed by atoms with Crippen molar-refractivity contribution in [2.45, 2.75) is 25.8 Å². The van der Waals surface area contributed by atoms with Crippen molar-refractivity contribution >= 4 is 34.2 Å². The van der Waals surface area contributed by atoms with E-state index in [4.69, 9.17) is 0 Å². The van der Waals surface area contributed by atoms with Crippen LogP contribution in [0.5, 0.6) is 0 Å². The highest BCUT2D eigenvalue weighted by molar-refractivity contribution is 9.10. The van der Waals surface area contributed by atoms with Crippen LogP contribution in [-0.2, 0) is 11.2 Å². The Balaban J connectivity index is 0.00000200. The largest absolute Gasteiger partial charge is 0.353 e. The molecule has 2 N–H and O–H groups in total. The van der Waals surface area contributed by atoms with Crippen LogP contribution < -0.4 is 10.6 Å². The van der Waals surface area contributed by atoms with Gasteiger partial charge in [0.25, 0.3) is 0 Å². The van der Waals surface area contributed by atoms with E-state index < -0.39 is 0 Å². The van der Waals surface area contributed by atoms with Gasteiger partial charge >= 0.3 is 0 Å². The summed E-state index contributed by atoms with van der Waals surface area (Å²) in [7, 11) is 0. The molecule has 1 fully saturated rings. The topological polar surface area (TPSA) is 41.1 Å². The number of hydrogen-bond donors (Lipinski definition) is 2. The maximum Gasteiger partial charge on any atom is 0.224 e. The van der Waals surface area contributed by atoms with Crippen molar-refractivity contribution in [3.63, 3.8) is 0 Å². The molecule has 1 aliphatic rings. The molecule has 0 saturated carbocycles. The molecule has 6 heteroatoms. The molecule has 0 spiro atoms. The van der Waals surface area contributed by atoms with Gasteiger partial charge in [-0.15, -0.1) is 12.4 Å². The van der Waals surface area contributed by atoms with Crippen molar-refractivity contribution in [2.24, 2.45) is 5.92 Å². The summed E-state index contributed by atoms with van der Waals surface area (Å²) in [6.45, 7) is 3.65. The van der Waals surface area contributed by atoms with E-state index in [0.29, 0.717) is 10.9 Å². The molecule has 0 radical (unpaired) electrons. The van der Waals surface area contributed by atoms with Crippen molar-refractivity contribution in [1.82, 2.24) is 10.6 Å². The Kier molecular flexibility index (Phi) is 6.92. The second-order valence-electron chi connectivity index (χ2n) is 5.05. The minimum Gasteiger partial charge on any atom is -0.353 e. The summed E-state index contributed by atoms with van der Waals surface area (Å²) in [6, 6.07) is 4.99. The molecular weight excluding hydrogens is 347 g/mol. The molecule has 0 aromatic heterocycles. The number of benzene rings is 1. The molecule has 3 nitrogen and oxygen atoms in total. The van der Waals surface area contributed by atoms with Crippen molar-refractivity contribution in [3.05, 3.63) is 34.1 Å². The molecule has 2 unspecified atom stereocenters. The van der Waals surface area contributed by atoms with Gasteiger partial charge in [-0.2, -0.15) is 0 Å². The summed E-state index contributed by atoms with van der Waals surface area (Å²) in [5.74, 6) is -0.0708. The summed E-state index contributed by atoms with van der Waals surface area (Å²) < 4.78 is 13.6. The van der Waals surface area contributed by atoms with Gasteiger partial charge in [0.15, 0.2) is 0 Å². The molecule has 2 atom stereocenters. The SMILES string of the molecule is CC(Cc1ccc(F)c(Br)c1)NC(=O)C1CCNC1.Cl. The average molecular weight is 366 g/mol. The molecule has 1 heterocycles. The highest BCUT2D eigenvalue weighted by Crippen LogP contribution is 2.18. The van der Waals surface area contributed by atoms with Gasteiger partial charge in [-0.1, -0.05) is 6.07 Å². The molecule has 0 aliphatic carbocycles. The fourth-order valence-corrected chi connectivity index (χ4v) is 2.74. The van der Waals surface area contributed by atoms with Gasteiger partial charge in [0.1, 0.15) is 5.82 Å². The van der Waals surface area contributed by atoms with Crippen LogP contribution in [0.2, 0.25) is 0 Å². The molecule has 0 bridgehead atoms. The van der Waals surface area contributed by atoms with Gasteiger partial charge < -0.3 is 10.6 Å². The average Bonchev–Trinajstić information content (AvgIpc) is 2.87. The van der Waals surface area contributed by atoms with E-state index in [1.165, 1.54) is 6.07 Å². The maximum atomic E-state index is 13.1. The summed E-state index contributed by atoms with van der Waals surface area (Å²) in [5, 5.41) is 6.20. The van der Waals surface area contributed by atoms with Crippen LogP contribution in [0.4, 0.5) is 4.39 Å². The third kappa shape index (κ3) is 4.72. The second kappa shape index (κ2) is 7.96. The Labute approximate surface area is 133 Å². The normalized spacial score (nSPS) is 19.2. The highest BCUT2D eigenvalue weighted by atomic mass is 79.9. The number of halogens is 3. The van der Waals surface area contributed by atoms with Crippen LogP contribution in [0.15, 0.2) is 22.7 Å². The Bertz CT molecular complexity index is 466. The third-order valence-corrected chi connectivity index (χ3v) is 3.95. The van der Waals surface area contributed by atoms with E-state index in [1.807, 2.05) is 6.92 Å². The van der Waals surface area contributed by atoms with Crippen LogP contribution >= 0.6 is 28.3 Å². The van der Waals surface area contributed by atoms with Gasteiger partial charge in [0.2, 0.25) is 5.91 Å². The minimum atomic E-state index is -0.266. The van der Waals surface area contributed by atoms with Crippen LogP contribution in [0.25, 0.3) is 0 Å². The smallest absolute Gasteiger partial charge is 0.224 e. The number of carbonyl (C=O) groups excluding carboxylic acids is 1. The van der Waals surface area contributed by atoms with Gasteiger partial charge in [0.05, 0.1) is 10.4 Å². The predicted octanol–water partition coefficient (Wildman–Crippen LogP) is 2.67. The van der Waals surface area contributed by atoms with Gasteiger partial charge in [-0.05, 0) is 59.9 Å². The number of nitrogens with one attached hydrogen (secondary N) is 2. The lowest BCUT2D eigenvalue weighted by Crippen LogP contribution is -2.39. The third-order valence-electron chi connectivity index (χ3n) is 3.35. The van der Waals surface area contributed by atoms with Gasteiger partial charge in [-0.3, -0.25) is 4.79 Å². The quantitative estimate of drug-likeness (QED) is 0.861. The molecule has 2 rings (SSSR count). The molecule has 1 aromatic rings. The van der Waals surface area contributed by atoms with Crippen LogP contribution in [0, 0.1) is 11.7 Å². The fraction of sp³-hybridized carbons (Fsp3) is 0.500. The molecular formula is C14H19BrClFN2O. The molecule has 1 amide bonds. The van der Waals surface area contributed by atoms with Gasteiger partial charge in [-0.25, -0.2) is 4.39 Å². The van der Waals surface area contributed by atoms with E-state index in [0.717, 1.165) is 25.1 Å². The zero-order valence-electron chi connectivity index (χ0n) is 11.3. The lowest BCUT2D eigenvalue weighted by Gasteiger charge is -2.17. The van der Waals surface area contributed by atoms with Crippen molar-refractivity contribution in [1.29, 1.82) is 0 Å². The molecule has 112 valence electrons. The van der Waals surface area contributed by atoms with Gasteiger partial charge in [0, 0.05) is 12.6 Å². The number of hydrogen-bond acceptors (Lipinski definition) is 2. The van der Waals surface area contributed by atoms with Crippen LogP contribution in [0.3, 0.4) is 0 Å². The number of carbonyl (C=O) groups is 1. The Morgan fingerprint density at radius 2 is 2.35 bits per heavy atom. The summed E-state index contributed by atoms with van der Waals surface area (Å²) >= 11 is 3.17. The second-order valence-corrected chi connectivity index (χ2v) is 5.91. The fourth-order valence-electron chi connectivity index (χ4n) is 2.31. The predicted molar refractivity (Wildman–Crippen MR) is 83.6 cm³/mol.